The Morgan fingerprint density at radius 2 is 1.78 bits per heavy atom. The topological polar surface area (TPSA) is 70.5 Å². The minimum atomic E-state index is -4.39. The Morgan fingerprint density at radius 3 is 2.38 bits per heavy atom. The molecule has 4 rings (SSSR count). The molecule has 1 aliphatic rings. The van der Waals surface area contributed by atoms with Crippen LogP contribution in [0.25, 0.3) is 11.4 Å². The van der Waals surface area contributed by atoms with Crippen molar-refractivity contribution in [1.29, 1.82) is 0 Å². The fraction of sp³-hybridized carbons (Fsp3) is 0.393. The lowest BCUT2D eigenvalue weighted by molar-refractivity contribution is -0.158. The molecule has 0 aliphatic heterocycles. The Labute approximate surface area is 213 Å². The van der Waals surface area contributed by atoms with Crippen LogP contribution in [0, 0.1) is 6.92 Å². The third-order valence-corrected chi connectivity index (χ3v) is 6.01. The maximum absolute atomic E-state index is 12.9. The van der Waals surface area contributed by atoms with E-state index in [9.17, 15) is 18.0 Å². The SMILES string of the molecule is CCOC(=O)C(C)(C)Oc1ccc(OCc2cnc(-c3ccc(C(F)(F)F)cc3)nc2C2CC2)cc1C. The molecule has 196 valence electrons. The molecule has 1 aliphatic carbocycles. The van der Waals surface area contributed by atoms with Crippen molar-refractivity contribution in [3.8, 4) is 22.9 Å². The van der Waals surface area contributed by atoms with E-state index in [1.54, 1.807) is 39.1 Å². The molecule has 2 aromatic carbocycles. The number of ether oxygens (including phenoxy) is 3. The molecule has 0 radical (unpaired) electrons. The van der Waals surface area contributed by atoms with Crippen LogP contribution in [0.3, 0.4) is 0 Å². The molecular formula is C28H29F3N2O4. The number of aryl methyl sites for hydroxylation is 1. The molecule has 6 nitrogen and oxygen atoms in total. The Kier molecular flexibility index (Phi) is 7.43. The summed E-state index contributed by atoms with van der Waals surface area (Å²) in [5.74, 6) is 1.40. The largest absolute Gasteiger partial charge is 0.489 e. The number of alkyl halides is 3. The number of rotatable bonds is 9. The average Bonchev–Trinajstić information content (AvgIpc) is 3.69. The van der Waals surface area contributed by atoms with Crippen molar-refractivity contribution in [2.45, 2.75) is 64.8 Å². The highest BCUT2D eigenvalue weighted by Crippen LogP contribution is 2.41. The Bertz CT molecular complexity index is 1270. The second-order valence-corrected chi connectivity index (χ2v) is 9.50. The van der Waals surface area contributed by atoms with E-state index in [1.807, 2.05) is 13.0 Å². The smallest absolute Gasteiger partial charge is 0.416 e. The van der Waals surface area contributed by atoms with E-state index in [1.165, 1.54) is 12.1 Å². The number of benzene rings is 2. The van der Waals surface area contributed by atoms with Gasteiger partial charge in [0.15, 0.2) is 11.4 Å². The summed E-state index contributed by atoms with van der Waals surface area (Å²) in [4.78, 5) is 21.2. The molecule has 1 fully saturated rings. The molecule has 37 heavy (non-hydrogen) atoms. The summed E-state index contributed by atoms with van der Waals surface area (Å²) in [5, 5.41) is 0. The molecule has 0 atom stereocenters. The first-order valence-corrected chi connectivity index (χ1v) is 12.1. The number of halogens is 3. The van der Waals surface area contributed by atoms with Gasteiger partial charge in [-0.3, -0.25) is 0 Å². The molecule has 1 saturated carbocycles. The van der Waals surface area contributed by atoms with Gasteiger partial charge in [0.05, 0.1) is 17.9 Å². The van der Waals surface area contributed by atoms with Gasteiger partial charge in [0, 0.05) is 23.2 Å². The van der Waals surface area contributed by atoms with Gasteiger partial charge in [-0.05, 0) is 76.4 Å². The standard InChI is InChI=1S/C28H29F3N2O4/c1-5-35-26(34)27(3,4)37-23-13-12-22(14-17(23)2)36-16-20-15-32-25(33-24(20)18-6-7-18)19-8-10-21(11-9-19)28(29,30)31/h8-15,18H,5-7,16H2,1-4H3. The van der Waals surface area contributed by atoms with Crippen molar-refractivity contribution in [2.24, 2.45) is 0 Å². The lowest BCUT2D eigenvalue weighted by atomic mass is 10.1. The molecular weight excluding hydrogens is 485 g/mol. The van der Waals surface area contributed by atoms with Crippen LogP contribution >= 0.6 is 0 Å². The monoisotopic (exact) mass is 514 g/mol. The molecule has 0 amide bonds. The van der Waals surface area contributed by atoms with Crippen LogP contribution in [0.5, 0.6) is 11.5 Å². The highest BCUT2D eigenvalue weighted by molar-refractivity contribution is 5.79. The van der Waals surface area contributed by atoms with Gasteiger partial charge in [0.25, 0.3) is 0 Å². The van der Waals surface area contributed by atoms with Crippen molar-refractivity contribution >= 4 is 5.97 Å². The first kappa shape index (κ1) is 26.4. The van der Waals surface area contributed by atoms with Crippen LogP contribution in [0.1, 0.15) is 61.9 Å². The minimum Gasteiger partial charge on any atom is -0.489 e. The summed E-state index contributed by atoms with van der Waals surface area (Å²) in [7, 11) is 0. The zero-order chi connectivity index (χ0) is 26.8. The van der Waals surface area contributed by atoms with Gasteiger partial charge in [0.2, 0.25) is 0 Å². The summed E-state index contributed by atoms with van der Waals surface area (Å²) in [6, 6.07) is 10.2. The summed E-state index contributed by atoms with van der Waals surface area (Å²) < 4.78 is 55.6. The third-order valence-electron chi connectivity index (χ3n) is 6.01. The van der Waals surface area contributed by atoms with E-state index in [4.69, 9.17) is 14.2 Å². The van der Waals surface area contributed by atoms with E-state index in [0.29, 0.717) is 22.9 Å². The second-order valence-electron chi connectivity index (χ2n) is 9.50. The van der Waals surface area contributed by atoms with E-state index < -0.39 is 23.3 Å². The highest BCUT2D eigenvalue weighted by atomic mass is 19.4. The Hall–Kier alpha value is -3.62. The fourth-order valence-corrected chi connectivity index (χ4v) is 3.80. The van der Waals surface area contributed by atoms with Gasteiger partial charge in [-0.1, -0.05) is 12.1 Å². The van der Waals surface area contributed by atoms with E-state index in [2.05, 4.69) is 9.97 Å². The maximum atomic E-state index is 12.9. The molecule has 1 heterocycles. The number of carbonyl (C=O) groups is 1. The van der Waals surface area contributed by atoms with Crippen LogP contribution in [-0.4, -0.2) is 28.1 Å². The number of nitrogens with zero attached hydrogens (tertiary/aromatic N) is 2. The Morgan fingerprint density at radius 1 is 1.08 bits per heavy atom. The molecule has 9 heteroatoms. The number of hydrogen-bond acceptors (Lipinski definition) is 6. The van der Waals surface area contributed by atoms with Gasteiger partial charge >= 0.3 is 12.1 Å². The highest BCUT2D eigenvalue weighted by Gasteiger charge is 2.33. The van der Waals surface area contributed by atoms with Crippen molar-refractivity contribution in [2.75, 3.05) is 6.61 Å². The molecule has 0 unspecified atom stereocenters. The quantitative estimate of drug-likeness (QED) is 0.298. The Balaban J connectivity index is 1.47. The lowest BCUT2D eigenvalue weighted by Crippen LogP contribution is -2.39. The predicted molar refractivity (Wildman–Crippen MR) is 131 cm³/mol. The molecule has 0 saturated heterocycles. The number of aromatic nitrogens is 2. The zero-order valence-electron chi connectivity index (χ0n) is 21.2. The first-order chi connectivity index (χ1) is 17.5. The van der Waals surface area contributed by atoms with Gasteiger partial charge in [-0.25, -0.2) is 14.8 Å². The second kappa shape index (κ2) is 10.4. The maximum Gasteiger partial charge on any atom is 0.416 e. The van der Waals surface area contributed by atoms with Crippen LogP contribution in [0.2, 0.25) is 0 Å². The fourth-order valence-electron chi connectivity index (χ4n) is 3.80. The van der Waals surface area contributed by atoms with E-state index in [-0.39, 0.29) is 19.1 Å². The van der Waals surface area contributed by atoms with E-state index >= 15 is 0 Å². The number of carbonyl (C=O) groups excluding carboxylic acids is 1. The summed E-state index contributed by atoms with van der Waals surface area (Å²) in [5.41, 5.74) is 1.18. The summed E-state index contributed by atoms with van der Waals surface area (Å²) >= 11 is 0. The summed E-state index contributed by atoms with van der Waals surface area (Å²) in [6.07, 6.45) is -0.713. The minimum absolute atomic E-state index is 0.243. The first-order valence-electron chi connectivity index (χ1n) is 12.1. The summed E-state index contributed by atoms with van der Waals surface area (Å²) in [6.45, 7) is 7.43. The average molecular weight is 515 g/mol. The third kappa shape index (κ3) is 6.39. The molecule has 0 bridgehead atoms. The van der Waals surface area contributed by atoms with Gasteiger partial charge in [-0.2, -0.15) is 13.2 Å². The van der Waals surface area contributed by atoms with Crippen molar-refractivity contribution in [3.63, 3.8) is 0 Å². The van der Waals surface area contributed by atoms with Crippen LogP contribution in [0.15, 0.2) is 48.7 Å². The van der Waals surface area contributed by atoms with Crippen LogP contribution in [0.4, 0.5) is 13.2 Å². The van der Waals surface area contributed by atoms with Crippen LogP contribution < -0.4 is 9.47 Å². The zero-order valence-corrected chi connectivity index (χ0v) is 21.2. The van der Waals surface area contributed by atoms with Crippen molar-refractivity contribution < 1.29 is 32.2 Å². The van der Waals surface area contributed by atoms with Gasteiger partial charge < -0.3 is 14.2 Å². The molecule has 3 aromatic rings. The number of hydrogen-bond donors (Lipinski definition) is 0. The molecule has 1 aromatic heterocycles. The van der Waals surface area contributed by atoms with Crippen molar-refractivity contribution in [1.82, 2.24) is 9.97 Å². The van der Waals surface area contributed by atoms with Crippen LogP contribution in [-0.2, 0) is 22.3 Å². The van der Waals surface area contributed by atoms with E-state index in [0.717, 1.165) is 41.8 Å². The predicted octanol–water partition coefficient (Wildman–Crippen LogP) is 6.65. The van der Waals surface area contributed by atoms with Crippen molar-refractivity contribution in [3.05, 3.63) is 71.0 Å². The lowest BCUT2D eigenvalue weighted by Gasteiger charge is -2.25. The van der Waals surface area contributed by atoms with Gasteiger partial charge in [-0.15, -0.1) is 0 Å². The van der Waals surface area contributed by atoms with Gasteiger partial charge in [0.1, 0.15) is 18.1 Å². The normalized spacial score (nSPS) is 13.8. The number of esters is 1. The molecule has 0 N–H and O–H groups in total. The molecule has 0 spiro atoms.